The fraction of sp³-hybridized carbons (Fsp3) is 0.308. The van der Waals surface area contributed by atoms with Gasteiger partial charge in [-0.05, 0) is 12.5 Å². The zero-order chi connectivity index (χ0) is 12.8. The molecule has 5 nitrogen and oxygen atoms in total. The molecule has 94 valence electrons. The predicted molar refractivity (Wildman–Crippen MR) is 68.4 cm³/mol. The van der Waals surface area contributed by atoms with Gasteiger partial charge >= 0.3 is 0 Å². The molecular formula is C13H15N3O2. The van der Waals surface area contributed by atoms with Crippen LogP contribution in [0.1, 0.15) is 16.9 Å². The van der Waals surface area contributed by atoms with Gasteiger partial charge < -0.3 is 10.1 Å². The Morgan fingerprint density at radius 2 is 2.17 bits per heavy atom. The average Bonchev–Trinajstić information content (AvgIpc) is 2.43. The monoisotopic (exact) mass is 245 g/mol. The molecule has 18 heavy (non-hydrogen) atoms. The first-order valence-electron chi connectivity index (χ1n) is 5.80. The normalized spacial score (nSPS) is 10.5. The summed E-state index contributed by atoms with van der Waals surface area (Å²) in [5.41, 5.74) is 1.19. The van der Waals surface area contributed by atoms with Crippen LogP contribution in [0, 0.1) is 0 Å². The van der Waals surface area contributed by atoms with E-state index < -0.39 is 0 Å². The molecule has 0 bridgehead atoms. The van der Waals surface area contributed by atoms with E-state index in [1.807, 2.05) is 24.3 Å². The molecule has 0 aliphatic carbocycles. The molecule has 0 saturated carbocycles. The number of methoxy groups -OCH3 is 1. The Morgan fingerprint density at radius 3 is 3.00 bits per heavy atom. The first-order chi connectivity index (χ1) is 8.83. The summed E-state index contributed by atoms with van der Waals surface area (Å²) in [4.78, 5) is 20.2. The van der Waals surface area contributed by atoms with Gasteiger partial charge in [0.25, 0.3) is 5.91 Å². The Balaban J connectivity index is 2.13. The van der Waals surface area contributed by atoms with E-state index >= 15 is 0 Å². The van der Waals surface area contributed by atoms with Gasteiger partial charge in [0.2, 0.25) is 0 Å². The quantitative estimate of drug-likeness (QED) is 0.809. The van der Waals surface area contributed by atoms with E-state index in [1.54, 1.807) is 7.11 Å². The lowest BCUT2D eigenvalue weighted by molar-refractivity contribution is 0.0945. The third kappa shape index (κ3) is 2.81. The number of carbonyl (C=O) groups excluding carboxylic acids is 1. The lowest BCUT2D eigenvalue weighted by Crippen LogP contribution is -2.26. The molecule has 0 unspecified atom stereocenters. The van der Waals surface area contributed by atoms with Crippen LogP contribution in [0.4, 0.5) is 0 Å². The predicted octanol–water partition coefficient (Wildman–Crippen LogP) is 1.40. The highest BCUT2D eigenvalue weighted by atomic mass is 16.5. The number of para-hydroxylation sites is 1. The van der Waals surface area contributed by atoms with Crippen LogP contribution in [0.25, 0.3) is 10.9 Å². The number of hydrogen-bond acceptors (Lipinski definition) is 4. The van der Waals surface area contributed by atoms with Crippen molar-refractivity contribution in [2.45, 2.75) is 6.42 Å². The van der Waals surface area contributed by atoms with Crippen LogP contribution in [0.3, 0.4) is 0 Å². The van der Waals surface area contributed by atoms with E-state index in [0.717, 1.165) is 17.3 Å². The number of fused-ring (bicyclic) bond motifs is 1. The summed E-state index contributed by atoms with van der Waals surface area (Å²) in [6.45, 7) is 1.20. The summed E-state index contributed by atoms with van der Waals surface area (Å²) in [5.74, 6) is -0.176. The van der Waals surface area contributed by atoms with Gasteiger partial charge in [-0.2, -0.15) is 0 Å². The number of nitrogens with one attached hydrogen (secondary N) is 1. The molecule has 0 saturated heterocycles. The third-order valence-electron chi connectivity index (χ3n) is 2.57. The van der Waals surface area contributed by atoms with E-state index in [0.29, 0.717) is 18.8 Å². The highest BCUT2D eigenvalue weighted by Crippen LogP contribution is 2.13. The second-order valence-corrected chi connectivity index (χ2v) is 3.84. The Bertz CT molecular complexity index is 537. The minimum atomic E-state index is -0.176. The smallest absolute Gasteiger partial charge is 0.270 e. The molecule has 0 fully saturated rings. The van der Waals surface area contributed by atoms with Crippen molar-refractivity contribution in [3.8, 4) is 0 Å². The topological polar surface area (TPSA) is 64.1 Å². The summed E-state index contributed by atoms with van der Waals surface area (Å²) in [6.07, 6.45) is 2.19. The van der Waals surface area contributed by atoms with Gasteiger partial charge in [0.05, 0.1) is 5.52 Å². The molecule has 1 heterocycles. The molecule has 1 amide bonds. The Kier molecular flexibility index (Phi) is 4.20. The number of benzene rings is 1. The molecule has 0 spiro atoms. The lowest BCUT2D eigenvalue weighted by Gasteiger charge is -2.06. The number of hydrogen-bond donors (Lipinski definition) is 1. The van der Waals surface area contributed by atoms with Gasteiger partial charge in [0.15, 0.2) is 0 Å². The maximum absolute atomic E-state index is 12.0. The van der Waals surface area contributed by atoms with E-state index in [-0.39, 0.29) is 5.91 Å². The Morgan fingerprint density at radius 1 is 1.33 bits per heavy atom. The van der Waals surface area contributed by atoms with Crippen LogP contribution in [0.15, 0.2) is 30.6 Å². The maximum atomic E-state index is 12.0. The zero-order valence-corrected chi connectivity index (χ0v) is 10.2. The largest absolute Gasteiger partial charge is 0.385 e. The van der Waals surface area contributed by atoms with E-state index in [2.05, 4.69) is 15.3 Å². The average molecular weight is 245 g/mol. The number of nitrogens with zero attached hydrogens (tertiary/aromatic N) is 2. The molecular weight excluding hydrogens is 230 g/mol. The van der Waals surface area contributed by atoms with Gasteiger partial charge in [-0.3, -0.25) is 4.79 Å². The molecule has 1 aromatic heterocycles. The van der Waals surface area contributed by atoms with Crippen molar-refractivity contribution >= 4 is 16.8 Å². The fourth-order valence-electron chi connectivity index (χ4n) is 1.69. The minimum Gasteiger partial charge on any atom is -0.385 e. The third-order valence-corrected chi connectivity index (χ3v) is 2.57. The van der Waals surface area contributed by atoms with Crippen LogP contribution in [0.2, 0.25) is 0 Å². The number of ether oxygens (including phenoxy) is 1. The van der Waals surface area contributed by atoms with Crippen LogP contribution in [-0.4, -0.2) is 36.1 Å². The van der Waals surface area contributed by atoms with E-state index in [9.17, 15) is 4.79 Å². The SMILES string of the molecule is COCCCNC(=O)c1ncnc2ccccc12. The molecule has 5 heteroatoms. The summed E-state index contributed by atoms with van der Waals surface area (Å²) < 4.78 is 4.92. The Labute approximate surface area is 105 Å². The van der Waals surface area contributed by atoms with Crippen molar-refractivity contribution < 1.29 is 9.53 Å². The summed E-state index contributed by atoms with van der Waals surface area (Å²) in [5, 5.41) is 3.58. The van der Waals surface area contributed by atoms with Crippen LogP contribution in [-0.2, 0) is 4.74 Å². The molecule has 2 aromatic rings. The number of aromatic nitrogens is 2. The zero-order valence-electron chi connectivity index (χ0n) is 10.2. The summed E-state index contributed by atoms with van der Waals surface area (Å²) >= 11 is 0. The number of carbonyl (C=O) groups is 1. The Hall–Kier alpha value is -2.01. The molecule has 0 aliphatic rings. The van der Waals surface area contributed by atoms with Crippen LogP contribution in [0.5, 0.6) is 0 Å². The molecule has 0 radical (unpaired) electrons. The van der Waals surface area contributed by atoms with Crippen molar-refractivity contribution in [1.29, 1.82) is 0 Å². The second-order valence-electron chi connectivity index (χ2n) is 3.84. The lowest BCUT2D eigenvalue weighted by atomic mass is 10.2. The van der Waals surface area contributed by atoms with Crippen molar-refractivity contribution in [2.24, 2.45) is 0 Å². The highest BCUT2D eigenvalue weighted by Gasteiger charge is 2.10. The maximum Gasteiger partial charge on any atom is 0.270 e. The van der Waals surface area contributed by atoms with Gasteiger partial charge in [-0.15, -0.1) is 0 Å². The fourth-order valence-corrected chi connectivity index (χ4v) is 1.69. The first kappa shape index (κ1) is 12.4. The molecule has 0 aliphatic heterocycles. The molecule has 2 rings (SSSR count). The minimum absolute atomic E-state index is 0.176. The second kappa shape index (κ2) is 6.07. The van der Waals surface area contributed by atoms with Gasteiger partial charge in [0.1, 0.15) is 12.0 Å². The van der Waals surface area contributed by atoms with Crippen LogP contribution >= 0.6 is 0 Å². The van der Waals surface area contributed by atoms with Gasteiger partial charge in [-0.25, -0.2) is 9.97 Å². The van der Waals surface area contributed by atoms with Gasteiger partial charge in [0, 0.05) is 25.6 Å². The number of amides is 1. The molecule has 0 atom stereocenters. The summed E-state index contributed by atoms with van der Waals surface area (Å²) in [7, 11) is 1.64. The highest BCUT2D eigenvalue weighted by molar-refractivity contribution is 6.04. The van der Waals surface area contributed by atoms with Crippen molar-refractivity contribution in [2.75, 3.05) is 20.3 Å². The summed E-state index contributed by atoms with van der Waals surface area (Å²) in [6, 6.07) is 7.46. The first-order valence-corrected chi connectivity index (χ1v) is 5.80. The standard InChI is InChI=1S/C13H15N3O2/c1-18-8-4-7-14-13(17)12-10-5-2-3-6-11(10)15-9-16-12/h2-3,5-6,9H,4,7-8H2,1H3,(H,14,17). The van der Waals surface area contributed by atoms with E-state index in [1.165, 1.54) is 6.33 Å². The van der Waals surface area contributed by atoms with Crippen molar-refractivity contribution in [3.05, 3.63) is 36.3 Å². The number of rotatable bonds is 5. The van der Waals surface area contributed by atoms with Crippen molar-refractivity contribution in [3.63, 3.8) is 0 Å². The van der Waals surface area contributed by atoms with Gasteiger partial charge in [-0.1, -0.05) is 18.2 Å². The van der Waals surface area contributed by atoms with Crippen LogP contribution < -0.4 is 5.32 Å². The van der Waals surface area contributed by atoms with Crippen molar-refractivity contribution in [1.82, 2.24) is 15.3 Å². The molecule has 1 N–H and O–H groups in total. The molecule has 1 aromatic carbocycles. The van der Waals surface area contributed by atoms with E-state index in [4.69, 9.17) is 4.74 Å².